The predicted molar refractivity (Wildman–Crippen MR) is 37.0 cm³/mol. The third-order valence-electron chi connectivity index (χ3n) is 0.744. The minimum Gasteiger partial charge on any atom is -0.400 e. The Morgan fingerprint density at radius 1 is 0.889 bits per heavy atom. The molecule has 1 aliphatic heterocycles. The molecule has 4 heteroatoms. The van der Waals surface area contributed by atoms with E-state index in [2.05, 4.69) is 0 Å². The van der Waals surface area contributed by atoms with Crippen molar-refractivity contribution in [1.29, 1.82) is 0 Å². The van der Waals surface area contributed by atoms with Gasteiger partial charge in [0.1, 0.15) is 0 Å². The number of aliphatic hydroxyl groups is 1. The van der Waals surface area contributed by atoms with Crippen molar-refractivity contribution in [2.45, 2.75) is 0 Å². The van der Waals surface area contributed by atoms with Gasteiger partial charge in [0, 0.05) is 7.11 Å². The lowest BCUT2D eigenvalue weighted by molar-refractivity contribution is -0.0334. The van der Waals surface area contributed by atoms with Crippen LogP contribution in [0.5, 0.6) is 0 Å². The molecule has 0 aromatic carbocycles. The van der Waals surface area contributed by atoms with E-state index in [-0.39, 0.29) is 12.4 Å². The van der Waals surface area contributed by atoms with Gasteiger partial charge in [-0.1, -0.05) is 0 Å². The second-order valence-corrected chi connectivity index (χ2v) is 1.22. The van der Waals surface area contributed by atoms with Crippen LogP contribution in [0, 0.1) is 0 Å². The lowest BCUT2D eigenvalue weighted by atomic mass is 10.6. The minimum atomic E-state index is 0. The average Bonchev–Trinajstić information content (AvgIpc) is 1.96. The van der Waals surface area contributed by atoms with Crippen molar-refractivity contribution in [3.8, 4) is 0 Å². The quantitative estimate of drug-likeness (QED) is 0.539. The third-order valence-corrected chi connectivity index (χ3v) is 0.744. The van der Waals surface area contributed by atoms with Crippen LogP contribution in [0.4, 0.5) is 0 Å². The highest BCUT2D eigenvalue weighted by molar-refractivity contribution is 5.85. The molecule has 1 heterocycles. The monoisotopic (exact) mass is 156 g/mol. The summed E-state index contributed by atoms with van der Waals surface area (Å²) in [5, 5.41) is 7.00. The van der Waals surface area contributed by atoms with E-state index in [9.17, 15) is 0 Å². The lowest BCUT2D eigenvalue weighted by Crippen LogP contribution is -2.16. The van der Waals surface area contributed by atoms with Gasteiger partial charge in [0.05, 0.1) is 26.4 Å². The lowest BCUT2D eigenvalue weighted by Gasteiger charge is -2.09. The summed E-state index contributed by atoms with van der Waals surface area (Å²) >= 11 is 0. The van der Waals surface area contributed by atoms with E-state index in [1.807, 2.05) is 0 Å². The molecule has 3 nitrogen and oxygen atoms in total. The summed E-state index contributed by atoms with van der Waals surface area (Å²) in [6.07, 6.45) is 0. The molecule has 1 fully saturated rings. The Labute approximate surface area is 61.4 Å². The van der Waals surface area contributed by atoms with Gasteiger partial charge in [0.25, 0.3) is 0 Å². The molecule has 1 rings (SSSR count). The first-order chi connectivity index (χ1) is 4.00. The van der Waals surface area contributed by atoms with Crippen molar-refractivity contribution in [3.63, 3.8) is 0 Å². The topological polar surface area (TPSA) is 38.7 Å². The SMILES string of the molecule is C1COCCO1.CO.Cl. The Hall–Kier alpha value is 0.170. The van der Waals surface area contributed by atoms with Gasteiger partial charge >= 0.3 is 0 Å². The number of ether oxygens (including phenoxy) is 2. The molecule has 0 atom stereocenters. The van der Waals surface area contributed by atoms with E-state index in [1.165, 1.54) is 0 Å². The van der Waals surface area contributed by atoms with Gasteiger partial charge < -0.3 is 14.6 Å². The van der Waals surface area contributed by atoms with Crippen molar-refractivity contribution >= 4 is 12.4 Å². The van der Waals surface area contributed by atoms with Crippen molar-refractivity contribution in [1.82, 2.24) is 0 Å². The van der Waals surface area contributed by atoms with Crippen LogP contribution in [-0.4, -0.2) is 38.6 Å². The van der Waals surface area contributed by atoms with Crippen molar-refractivity contribution in [2.24, 2.45) is 0 Å². The molecule has 0 radical (unpaired) electrons. The van der Waals surface area contributed by atoms with Gasteiger partial charge in [-0.2, -0.15) is 0 Å². The Bertz CT molecular complexity index is 27.7. The molecule has 1 aliphatic rings. The maximum atomic E-state index is 7.00. The fourth-order valence-corrected chi connectivity index (χ4v) is 0.440. The van der Waals surface area contributed by atoms with Gasteiger partial charge in [0.15, 0.2) is 0 Å². The maximum absolute atomic E-state index is 7.00. The van der Waals surface area contributed by atoms with Crippen LogP contribution in [0.15, 0.2) is 0 Å². The summed E-state index contributed by atoms with van der Waals surface area (Å²) in [5.41, 5.74) is 0. The van der Waals surface area contributed by atoms with Crippen molar-refractivity contribution in [2.75, 3.05) is 33.5 Å². The highest BCUT2D eigenvalue weighted by atomic mass is 35.5. The number of hydrogen-bond acceptors (Lipinski definition) is 3. The third kappa shape index (κ3) is 8.17. The summed E-state index contributed by atoms with van der Waals surface area (Å²) in [6.45, 7) is 3.11. The molecule has 0 aromatic rings. The molecule has 0 bridgehead atoms. The average molecular weight is 157 g/mol. The number of halogens is 1. The minimum absolute atomic E-state index is 0. The van der Waals surface area contributed by atoms with Gasteiger partial charge in [-0.15, -0.1) is 12.4 Å². The highest BCUT2D eigenvalue weighted by Gasteiger charge is 1.94. The molecule has 0 spiro atoms. The molecule has 58 valence electrons. The summed E-state index contributed by atoms with van der Waals surface area (Å²) in [5.74, 6) is 0. The first kappa shape index (κ1) is 11.9. The molecule has 0 amide bonds. The highest BCUT2D eigenvalue weighted by Crippen LogP contribution is 1.85. The molecule has 0 unspecified atom stereocenters. The Kier molecular flexibility index (Phi) is 14.6. The van der Waals surface area contributed by atoms with Crippen molar-refractivity contribution < 1.29 is 14.6 Å². The molecule has 0 aliphatic carbocycles. The number of aliphatic hydroxyl groups excluding tert-OH is 1. The molecule has 0 saturated carbocycles. The Morgan fingerprint density at radius 3 is 1.22 bits per heavy atom. The maximum Gasteiger partial charge on any atom is 0.0701 e. The summed E-state index contributed by atoms with van der Waals surface area (Å²) in [6, 6.07) is 0. The van der Waals surface area contributed by atoms with E-state index in [0.717, 1.165) is 33.5 Å². The fourth-order valence-electron chi connectivity index (χ4n) is 0.440. The van der Waals surface area contributed by atoms with Crippen LogP contribution in [0.25, 0.3) is 0 Å². The fraction of sp³-hybridized carbons (Fsp3) is 1.00. The predicted octanol–water partition coefficient (Wildman–Crippen LogP) is 0.0635. The Morgan fingerprint density at radius 2 is 1.11 bits per heavy atom. The van der Waals surface area contributed by atoms with Crippen LogP contribution < -0.4 is 0 Å². The zero-order valence-corrected chi connectivity index (χ0v) is 6.32. The smallest absolute Gasteiger partial charge is 0.0701 e. The van der Waals surface area contributed by atoms with E-state index in [0.29, 0.717) is 0 Å². The van der Waals surface area contributed by atoms with Crippen LogP contribution >= 0.6 is 12.4 Å². The van der Waals surface area contributed by atoms with Gasteiger partial charge in [0.2, 0.25) is 0 Å². The molecule has 9 heavy (non-hydrogen) atoms. The standard InChI is InChI=1S/C4H8O2.CH4O.ClH/c1-2-6-4-3-5-1;1-2;/h1-4H2;2H,1H3;1H. The van der Waals surface area contributed by atoms with E-state index in [4.69, 9.17) is 14.6 Å². The number of hydrogen-bond donors (Lipinski definition) is 1. The zero-order chi connectivity index (χ0) is 6.24. The second kappa shape index (κ2) is 11.0. The number of rotatable bonds is 0. The van der Waals surface area contributed by atoms with E-state index in [1.54, 1.807) is 0 Å². The Balaban J connectivity index is 0. The van der Waals surface area contributed by atoms with Crippen LogP contribution in [0.1, 0.15) is 0 Å². The van der Waals surface area contributed by atoms with Gasteiger partial charge in [-0.25, -0.2) is 0 Å². The summed E-state index contributed by atoms with van der Waals surface area (Å²) in [4.78, 5) is 0. The first-order valence-corrected chi connectivity index (χ1v) is 2.60. The molecule has 0 aromatic heterocycles. The normalized spacial score (nSPS) is 16.7. The van der Waals surface area contributed by atoms with Crippen LogP contribution in [-0.2, 0) is 9.47 Å². The molecular formula is C5H13ClO3. The van der Waals surface area contributed by atoms with Crippen LogP contribution in [0.2, 0.25) is 0 Å². The van der Waals surface area contributed by atoms with Crippen molar-refractivity contribution in [3.05, 3.63) is 0 Å². The first-order valence-electron chi connectivity index (χ1n) is 2.60. The molecule has 1 saturated heterocycles. The summed E-state index contributed by atoms with van der Waals surface area (Å²) in [7, 11) is 1.00. The molecule has 1 N–H and O–H groups in total. The summed E-state index contributed by atoms with van der Waals surface area (Å²) < 4.78 is 9.89. The van der Waals surface area contributed by atoms with Gasteiger partial charge in [-0.3, -0.25) is 0 Å². The van der Waals surface area contributed by atoms with Crippen LogP contribution in [0.3, 0.4) is 0 Å². The second-order valence-electron chi connectivity index (χ2n) is 1.22. The largest absolute Gasteiger partial charge is 0.400 e. The van der Waals surface area contributed by atoms with E-state index >= 15 is 0 Å². The molecular weight excluding hydrogens is 144 g/mol. The van der Waals surface area contributed by atoms with E-state index < -0.39 is 0 Å². The zero-order valence-electron chi connectivity index (χ0n) is 5.50. The van der Waals surface area contributed by atoms with Gasteiger partial charge in [-0.05, 0) is 0 Å².